The molecule has 1 unspecified atom stereocenters. The van der Waals surface area contributed by atoms with Crippen molar-refractivity contribution in [2.45, 2.75) is 31.2 Å². The van der Waals surface area contributed by atoms with Crippen molar-refractivity contribution in [3.05, 3.63) is 29.6 Å². The zero-order valence-electron chi connectivity index (χ0n) is 10.4. The normalized spacial score (nSPS) is 12.7. The van der Waals surface area contributed by atoms with Crippen molar-refractivity contribution in [1.29, 1.82) is 0 Å². The fraction of sp³-hybridized carbons (Fsp3) is 0.538. The highest BCUT2D eigenvalue weighted by Crippen LogP contribution is 2.28. The quantitative estimate of drug-likeness (QED) is 0.737. The maximum absolute atomic E-state index is 13.3. The standard InChI is InChI=1S/C13H20FNOS/c1-3-6-15-10(2)12-9-11(14)4-5-13(12)17-8-7-16/h4-5,9-10,15-16H,3,6-8H2,1-2H3. The lowest BCUT2D eigenvalue weighted by molar-refractivity contribution is 0.322. The first kappa shape index (κ1) is 14.5. The number of aliphatic hydroxyl groups excluding tert-OH is 1. The largest absolute Gasteiger partial charge is 0.396 e. The molecular weight excluding hydrogens is 237 g/mol. The molecule has 0 spiro atoms. The Morgan fingerprint density at radius 2 is 2.24 bits per heavy atom. The van der Waals surface area contributed by atoms with Gasteiger partial charge in [-0.25, -0.2) is 4.39 Å². The number of aliphatic hydroxyl groups is 1. The molecule has 0 aliphatic heterocycles. The molecule has 4 heteroatoms. The van der Waals surface area contributed by atoms with Gasteiger partial charge in [0.05, 0.1) is 6.61 Å². The van der Waals surface area contributed by atoms with Gasteiger partial charge in [0.15, 0.2) is 0 Å². The van der Waals surface area contributed by atoms with Crippen molar-refractivity contribution < 1.29 is 9.50 Å². The van der Waals surface area contributed by atoms with E-state index >= 15 is 0 Å². The van der Waals surface area contributed by atoms with Gasteiger partial charge in [-0.05, 0) is 43.7 Å². The van der Waals surface area contributed by atoms with Crippen molar-refractivity contribution in [2.24, 2.45) is 0 Å². The molecule has 0 aliphatic rings. The molecule has 17 heavy (non-hydrogen) atoms. The van der Waals surface area contributed by atoms with Crippen LogP contribution in [0.1, 0.15) is 31.9 Å². The van der Waals surface area contributed by atoms with Gasteiger partial charge >= 0.3 is 0 Å². The zero-order chi connectivity index (χ0) is 12.7. The second-order valence-electron chi connectivity index (χ2n) is 3.93. The van der Waals surface area contributed by atoms with Gasteiger partial charge in [0.1, 0.15) is 5.82 Å². The number of hydrogen-bond donors (Lipinski definition) is 2. The Morgan fingerprint density at radius 1 is 1.47 bits per heavy atom. The van der Waals surface area contributed by atoms with Gasteiger partial charge in [-0.2, -0.15) is 0 Å². The SMILES string of the molecule is CCCNC(C)c1cc(F)ccc1SCCO. The summed E-state index contributed by atoms with van der Waals surface area (Å²) in [7, 11) is 0. The van der Waals surface area contributed by atoms with Crippen LogP contribution in [0.5, 0.6) is 0 Å². The summed E-state index contributed by atoms with van der Waals surface area (Å²) in [6, 6.07) is 4.96. The molecule has 0 fully saturated rings. The van der Waals surface area contributed by atoms with E-state index in [2.05, 4.69) is 12.2 Å². The van der Waals surface area contributed by atoms with E-state index < -0.39 is 0 Å². The molecule has 1 aromatic rings. The lowest BCUT2D eigenvalue weighted by Crippen LogP contribution is -2.20. The smallest absolute Gasteiger partial charge is 0.123 e. The first-order chi connectivity index (χ1) is 8.19. The van der Waals surface area contributed by atoms with E-state index in [-0.39, 0.29) is 18.5 Å². The van der Waals surface area contributed by atoms with Crippen molar-refractivity contribution >= 4 is 11.8 Å². The number of benzene rings is 1. The third kappa shape index (κ3) is 4.66. The highest BCUT2D eigenvalue weighted by Gasteiger charge is 2.11. The molecule has 0 heterocycles. The summed E-state index contributed by atoms with van der Waals surface area (Å²) in [6.45, 7) is 5.19. The average molecular weight is 257 g/mol. The van der Waals surface area contributed by atoms with Gasteiger partial charge in [0, 0.05) is 16.7 Å². The molecule has 0 saturated carbocycles. The van der Waals surface area contributed by atoms with Crippen molar-refractivity contribution in [1.82, 2.24) is 5.32 Å². The molecule has 1 rings (SSSR count). The van der Waals surface area contributed by atoms with Crippen molar-refractivity contribution in [2.75, 3.05) is 18.9 Å². The molecule has 1 atom stereocenters. The molecule has 96 valence electrons. The Kier molecular flexibility index (Phi) is 6.55. The summed E-state index contributed by atoms with van der Waals surface area (Å²) >= 11 is 1.56. The first-order valence-corrected chi connectivity index (χ1v) is 6.94. The number of hydrogen-bond acceptors (Lipinski definition) is 3. The van der Waals surface area contributed by atoms with Crippen molar-refractivity contribution in [3.8, 4) is 0 Å². The minimum absolute atomic E-state index is 0.131. The maximum Gasteiger partial charge on any atom is 0.123 e. The minimum Gasteiger partial charge on any atom is -0.396 e. The van der Waals surface area contributed by atoms with Crippen LogP contribution in [0.2, 0.25) is 0 Å². The summed E-state index contributed by atoms with van der Waals surface area (Å²) < 4.78 is 13.3. The summed E-state index contributed by atoms with van der Waals surface area (Å²) in [5.41, 5.74) is 0.969. The van der Waals surface area contributed by atoms with Gasteiger partial charge in [-0.1, -0.05) is 6.92 Å². The fourth-order valence-corrected chi connectivity index (χ4v) is 2.49. The summed E-state index contributed by atoms with van der Waals surface area (Å²) in [6.07, 6.45) is 1.05. The average Bonchev–Trinajstić information content (AvgIpc) is 2.34. The van der Waals surface area contributed by atoms with E-state index in [9.17, 15) is 4.39 Å². The van der Waals surface area contributed by atoms with E-state index in [4.69, 9.17) is 5.11 Å². The van der Waals surface area contributed by atoms with Crippen molar-refractivity contribution in [3.63, 3.8) is 0 Å². The zero-order valence-corrected chi connectivity index (χ0v) is 11.2. The highest BCUT2D eigenvalue weighted by atomic mass is 32.2. The number of nitrogens with one attached hydrogen (secondary N) is 1. The molecule has 1 aromatic carbocycles. The van der Waals surface area contributed by atoms with Gasteiger partial charge in [0.25, 0.3) is 0 Å². The predicted octanol–water partition coefficient (Wildman–Crippen LogP) is 2.97. The Bertz CT molecular complexity index is 346. The van der Waals surface area contributed by atoms with Crippen LogP contribution in [0.25, 0.3) is 0 Å². The minimum atomic E-state index is -0.210. The Morgan fingerprint density at radius 3 is 2.88 bits per heavy atom. The first-order valence-electron chi connectivity index (χ1n) is 5.95. The lowest BCUT2D eigenvalue weighted by atomic mass is 10.1. The van der Waals surface area contributed by atoms with Crippen LogP contribution in [0, 0.1) is 5.82 Å². The summed E-state index contributed by atoms with van der Waals surface area (Å²) in [4.78, 5) is 1.04. The van der Waals surface area contributed by atoms with E-state index in [1.54, 1.807) is 23.9 Å². The molecule has 0 radical (unpaired) electrons. The molecule has 2 N–H and O–H groups in total. The lowest BCUT2D eigenvalue weighted by Gasteiger charge is -2.17. The van der Waals surface area contributed by atoms with Gasteiger partial charge < -0.3 is 10.4 Å². The van der Waals surface area contributed by atoms with E-state index in [1.807, 2.05) is 6.92 Å². The maximum atomic E-state index is 13.3. The molecule has 0 bridgehead atoms. The van der Waals surface area contributed by atoms with Crippen LogP contribution in [0.15, 0.2) is 23.1 Å². The number of rotatable bonds is 7. The van der Waals surface area contributed by atoms with Crippen LogP contribution < -0.4 is 5.32 Å². The summed E-state index contributed by atoms with van der Waals surface area (Å²) in [5.74, 6) is 0.428. The molecule has 0 amide bonds. The third-order valence-corrected chi connectivity index (χ3v) is 3.56. The third-order valence-electron chi connectivity index (χ3n) is 2.49. The van der Waals surface area contributed by atoms with Crippen LogP contribution in [0.3, 0.4) is 0 Å². The highest BCUT2D eigenvalue weighted by molar-refractivity contribution is 7.99. The van der Waals surface area contributed by atoms with E-state index in [0.29, 0.717) is 5.75 Å². The molecule has 0 aromatic heterocycles. The Balaban J connectivity index is 2.81. The number of halogens is 1. The predicted molar refractivity (Wildman–Crippen MR) is 70.9 cm³/mol. The van der Waals surface area contributed by atoms with Crippen LogP contribution in [-0.2, 0) is 0 Å². The molecule has 0 aliphatic carbocycles. The van der Waals surface area contributed by atoms with Gasteiger partial charge in [-0.15, -0.1) is 11.8 Å². The fourth-order valence-electron chi connectivity index (χ4n) is 1.62. The Hall–Kier alpha value is -0.580. The monoisotopic (exact) mass is 257 g/mol. The molecule has 2 nitrogen and oxygen atoms in total. The van der Waals surface area contributed by atoms with Crippen LogP contribution in [0.4, 0.5) is 4.39 Å². The van der Waals surface area contributed by atoms with E-state index in [1.165, 1.54) is 6.07 Å². The topological polar surface area (TPSA) is 32.3 Å². The second-order valence-corrected chi connectivity index (χ2v) is 5.07. The van der Waals surface area contributed by atoms with Crippen LogP contribution >= 0.6 is 11.8 Å². The van der Waals surface area contributed by atoms with Crippen LogP contribution in [-0.4, -0.2) is 24.0 Å². The Labute approximate surface area is 107 Å². The van der Waals surface area contributed by atoms with Gasteiger partial charge in [0.2, 0.25) is 0 Å². The van der Waals surface area contributed by atoms with E-state index in [0.717, 1.165) is 23.4 Å². The number of thioether (sulfide) groups is 1. The molecular formula is C13H20FNOS. The molecule has 0 saturated heterocycles. The second kappa shape index (κ2) is 7.69. The summed E-state index contributed by atoms with van der Waals surface area (Å²) in [5, 5.41) is 12.2. The van der Waals surface area contributed by atoms with Gasteiger partial charge in [-0.3, -0.25) is 0 Å².